The Bertz CT molecular complexity index is 713. The fraction of sp³-hybridized carbons (Fsp3) is 0.353. The Hall–Kier alpha value is -2.13. The van der Waals surface area contributed by atoms with Crippen molar-refractivity contribution in [3.05, 3.63) is 46.7 Å². The van der Waals surface area contributed by atoms with Gasteiger partial charge in [0, 0.05) is 48.7 Å². The van der Waals surface area contributed by atoms with Gasteiger partial charge in [-0.1, -0.05) is 15.9 Å². The number of hydrogen-bond donors (Lipinski definition) is 0. The molecule has 118 valence electrons. The molecular weight excluding hydrogens is 354 g/mol. The first-order valence-corrected chi connectivity index (χ1v) is 8.42. The molecule has 6 heteroatoms. The summed E-state index contributed by atoms with van der Waals surface area (Å²) in [6.07, 6.45) is 5.76. The lowest BCUT2D eigenvalue weighted by Crippen LogP contribution is -2.47. The summed E-state index contributed by atoms with van der Waals surface area (Å²) in [4.78, 5) is 13.2. The SMILES string of the molecule is CN(c1ncccn1)C1CCCN(c2cc(Br)cc(C#N)c2)C1. The zero-order valence-corrected chi connectivity index (χ0v) is 14.6. The van der Waals surface area contributed by atoms with Crippen LogP contribution in [0, 0.1) is 11.3 Å². The van der Waals surface area contributed by atoms with E-state index in [-0.39, 0.29) is 0 Å². The van der Waals surface area contributed by atoms with Gasteiger partial charge in [0.2, 0.25) is 5.95 Å². The van der Waals surface area contributed by atoms with E-state index in [2.05, 4.69) is 47.8 Å². The van der Waals surface area contributed by atoms with Crippen molar-refractivity contribution in [2.45, 2.75) is 18.9 Å². The molecule has 0 amide bonds. The van der Waals surface area contributed by atoms with E-state index in [9.17, 15) is 0 Å². The van der Waals surface area contributed by atoms with Crippen LogP contribution in [0.2, 0.25) is 0 Å². The summed E-state index contributed by atoms with van der Waals surface area (Å²) >= 11 is 3.49. The molecule has 2 heterocycles. The van der Waals surface area contributed by atoms with Gasteiger partial charge in [-0.05, 0) is 37.1 Å². The molecule has 0 aliphatic carbocycles. The van der Waals surface area contributed by atoms with Crippen molar-refractivity contribution >= 4 is 27.6 Å². The van der Waals surface area contributed by atoms with Crippen LogP contribution in [-0.2, 0) is 0 Å². The molecule has 1 aromatic carbocycles. The number of likely N-dealkylation sites (N-methyl/N-ethyl adjacent to an activating group) is 1. The minimum atomic E-state index is 0.357. The molecular formula is C17H18BrN5. The second-order valence-electron chi connectivity index (χ2n) is 5.71. The lowest BCUT2D eigenvalue weighted by atomic mass is 10.0. The van der Waals surface area contributed by atoms with Gasteiger partial charge in [-0.2, -0.15) is 5.26 Å². The highest BCUT2D eigenvalue weighted by atomic mass is 79.9. The number of nitrogens with zero attached hydrogens (tertiary/aromatic N) is 5. The predicted molar refractivity (Wildman–Crippen MR) is 94.5 cm³/mol. The van der Waals surface area contributed by atoms with Crippen LogP contribution in [0.3, 0.4) is 0 Å². The van der Waals surface area contributed by atoms with Gasteiger partial charge in [0.25, 0.3) is 0 Å². The van der Waals surface area contributed by atoms with Crippen LogP contribution in [0.15, 0.2) is 41.1 Å². The van der Waals surface area contributed by atoms with Crippen LogP contribution < -0.4 is 9.80 Å². The number of nitriles is 1. The van der Waals surface area contributed by atoms with Crippen molar-refractivity contribution in [2.24, 2.45) is 0 Å². The lowest BCUT2D eigenvalue weighted by Gasteiger charge is -2.38. The summed E-state index contributed by atoms with van der Waals surface area (Å²) < 4.78 is 0.938. The predicted octanol–water partition coefficient (Wildman–Crippen LogP) is 3.22. The second kappa shape index (κ2) is 6.97. The van der Waals surface area contributed by atoms with E-state index in [1.165, 1.54) is 0 Å². The second-order valence-corrected chi connectivity index (χ2v) is 6.63. The van der Waals surface area contributed by atoms with E-state index in [1.807, 2.05) is 25.2 Å². The van der Waals surface area contributed by atoms with Crippen LogP contribution in [0.1, 0.15) is 18.4 Å². The molecule has 1 unspecified atom stereocenters. The fourth-order valence-corrected chi connectivity index (χ4v) is 3.44. The summed E-state index contributed by atoms with van der Waals surface area (Å²) in [6, 6.07) is 10.3. The highest BCUT2D eigenvalue weighted by Crippen LogP contribution is 2.27. The molecule has 0 saturated carbocycles. The maximum atomic E-state index is 9.16. The number of piperidine rings is 1. The molecule has 0 N–H and O–H groups in total. The maximum Gasteiger partial charge on any atom is 0.225 e. The Labute approximate surface area is 144 Å². The van der Waals surface area contributed by atoms with Crippen molar-refractivity contribution in [2.75, 3.05) is 29.9 Å². The summed E-state index contributed by atoms with van der Waals surface area (Å²) in [5.74, 6) is 0.756. The third-order valence-corrected chi connectivity index (χ3v) is 4.65. The highest BCUT2D eigenvalue weighted by molar-refractivity contribution is 9.10. The first kappa shape index (κ1) is 15.8. The Morgan fingerprint density at radius 3 is 2.83 bits per heavy atom. The molecule has 23 heavy (non-hydrogen) atoms. The molecule has 1 aliphatic rings. The van der Waals surface area contributed by atoms with Crippen molar-refractivity contribution in [1.29, 1.82) is 5.26 Å². The van der Waals surface area contributed by atoms with Crippen molar-refractivity contribution in [1.82, 2.24) is 9.97 Å². The Morgan fingerprint density at radius 2 is 2.09 bits per heavy atom. The molecule has 1 aliphatic heterocycles. The Kier molecular flexibility index (Phi) is 4.77. The summed E-state index contributed by atoms with van der Waals surface area (Å²) in [7, 11) is 2.05. The van der Waals surface area contributed by atoms with Crippen LogP contribution in [0.5, 0.6) is 0 Å². The molecule has 1 fully saturated rings. The van der Waals surface area contributed by atoms with E-state index >= 15 is 0 Å². The van der Waals surface area contributed by atoms with Gasteiger partial charge < -0.3 is 9.80 Å². The monoisotopic (exact) mass is 371 g/mol. The van der Waals surface area contributed by atoms with Crippen molar-refractivity contribution in [3.8, 4) is 6.07 Å². The number of anilines is 2. The summed E-state index contributed by atoms with van der Waals surface area (Å²) in [5.41, 5.74) is 1.76. The molecule has 0 radical (unpaired) electrons. The first-order chi connectivity index (χ1) is 11.2. The molecule has 2 aromatic rings. The lowest BCUT2D eigenvalue weighted by molar-refractivity contribution is 0.483. The molecule has 0 spiro atoms. The normalized spacial score (nSPS) is 17.6. The number of hydrogen-bond acceptors (Lipinski definition) is 5. The maximum absolute atomic E-state index is 9.16. The average Bonchev–Trinajstić information content (AvgIpc) is 2.61. The fourth-order valence-electron chi connectivity index (χ4n) is 2.96. The van der Waals surface area contributed by atoms with Crippen LogP contribution >= 0.6 is 15.9 Å². The first-order valence-electron chi connectivity index (χ1n) is 7.63. The average molecular weight is 372 g/mol. The zero-order chi connectivity index (χ0) is 16.2. The van der Waals surface area contributed by atoms with Gasteiger partial charge in [0.1, 0.15) is 0 Å². The van der Waals surface area contributed by atoms with E-state index in [0.29, 0.717) is 11.6 Å². The Balaban J connectivity index is 1.79. The minimum absolute atomic E-state index is 0.357. The standard InChI is InChI=1S/C17H18BrN5/c1-22(17-20-5-3-6-21-17)15-4-2-7-23(12-15)16-9-13(11-19)8-14(18)10-16/h3,5-6,8-10,15H,2,4,7,12H2,1H3. The smallest absolute Gasteiger partial charge is 0.225 e. The van der Waals surface area contributed by atoms with Crippen LogP contribution in [0.4, 0.5) is 11.6 Å². The molecule has 1 saturated heterocycles. The molecule has 0 bridgehead atoms. The van der Waals surface area contributed by atoms with Gasteiger partial charge in [-0.25, -0.2) is 9.97 Å². The van der Waals surface area contributed by atoms with Gasteiger partial charge in [-0.15, -0.1) is 0 Å². The number of halogens is 1. The Morgan fingerprint density at radius 1 is 1.30 bits per heavy atom. The zero-order valence-electron chi connectivity index (χ0n) is 13.0. The van der Waals surface area contributed by atoms with Crippen molar-refractivity contribution < 1.29 is 0 Å². The minimum Gasteiger partial charge on any atom is -0.369 e. The quantitative estimate of drug-likeness (QED) is 0.828. The molecule has 1 atom stereocenters. The number of benzene rings is 1. The topological polar surface area (TPSA) is 56.1 Å². The van der Waals surface area contributed by atoms with E-state index < -0.39 is 0 Å². The number of aromatic nitrogens is 2. The van der Waals surface area contributed by atoms with Gasteiger partial charge in [0.05, 0.1) is 11.6 Å². The van der Waals surface area contributed by atoms with Crippen LogP contribution in [0.25, 0.3) is 0 Å². The third kappa shape index (κ3) is 3.62. The van der Waals surface area contributed by atoms with E-state index in [1.54, 1.807) is 12.4 Å². The summed E-state index contributed by atoms with van der Waals surface area (Å²) in [5, 5.41) is 9.16. The largest absolute Gasteiger partial charge is 0.369 e. The van der Waals surface area contributed by atoms with Crippen LogP contribution in [-0.4, -0.2) is 36.1 Å². The van der Waals surface area contributed by atoms with E-state index in [4.69, 9.17) is 5.26 Å². The van der Waals surface area contributed by atoms with E-state index in [0.717, 1.165) is 42.0 Å². The molecule has 5 nitrogen and oxygen atoms in total. The highest BCUT2D eigenvalue weighted by Gasteiger charge is 2.25. The summed E-state index contributed by atoms with van der Waals surface area (Å²) in [6.45, 7) is 1.90. The molecule has 1 aromatic heterocycles. The molecule has 3 rings (SSSR count). The van der Waals surface area contributed by atoms with Crippen molar-refractivity contribution in [3.63, 3.8) is 0 Å². The van der Waals surface area contributed by atoms with Gasteiger partial charge >= 0.3 is 0 Å². The third-order valence-electron chi connectivity index (χ3n) is 4.19. The number of rotatable bonds is 3. The van der Waals surface area contributed by atoms with Gasteiger partial charge in [-0.3, -0.25) is 0 Å². The van der Waals surface area contributed by atoms with Gasteiger partial charge in [0.15, 0.2) is 0 Å².